The molecule has 1 heterocycles. The third kappa shape index (κ3) is 4.22. The zero-order valence-corrected chi connectivity index (χ0v) is 12.2. The molecule has 0 fully saturated rings. The minimum atomic E-state index is 0.00493. The van der Waals surface area contributed by atoms with Crippen molar-refractivity contribution < 1.29 is 4.79 Å². The lowest BCUT2D eigenvalue weighted by Gasteiger charge is -2.05. The molecule has 0 bridgehead atoms. The molecule has 0 aliphatic heterocycles. The summed E-state index contributed by atoms with van der Waals surface area (Å²) in [5.41, 5.74) is 0.828. The summed E-state index contributed by atoms with van der Waals surface area (Å²) >= 11 is 4.94. The average molecular weight is 305 g/mol. The summed E-state index contributed by atoms with van der Waals surface area (Å²) in [6.45, 7) is 6.63. The topological polar surface area (TPSA) is 42.0 Å². The molecule has 90 valence electrons. The Kier molecular flexibility index (Phi) is 5.41. The van der Waals surface area contributed by atoms with Crippen LogP contribution < -0.4 is 5.32 Å². The zero-order chi connectivity index (χ0) is 12.1. The van der Waals surface area contributed by atoms with E-state index in [1.54, 1.807) is 0 Å². The molecule has 3 nitrogen and oxygen atoms in total. The third-order valence-corrected chi connectivity index (χ3v) is 3.70. The normalized spacial score (nSPS) is 12.5. The molecule has 0 aliphatic rings. The highest BCUT2D eigenvalue weighted by Gasteiger charge is 2.12. The number of rotatable bonds is 5. The van der Waals surface area contributed by atoms with Gasteiger partial charge in [0.05, 0.1) is 10.7 Å². The lowest BCUT2D eigenvalue weighted by atomic mass is 10.2. The Hall–Kier alpha value is -0.420. The second-order valence-corrected chi connectivity index (χ2v) is 6.59. The van der Waals surface area contributed by atoms with Gasteiger partial charge in [-0.05, 0) is 26.7 Å². The van der Waals surface area contributed by atoms with E-state index in [2.05, 4.69) is 33.2 Å². The van der Waals surface area contributed by atoms with Gasteiger partial charge >= 0.3 is 0 Å². The van der Waals surface area contributed by atoms with Crippen LogP contribution in [0.3, 0.4) is 0 Å². The number of carbonyl (C=O) groups is 1. The molecule has 1 N–H and O–H groups in total. The van der Waals surface area contributed by atoms with E-state index >= 15 is 0 Å². The summed E-state index contributed by atoms with van der Waals surface area (Å²) < 4.78 is 0. The number of aryl methyl sites for hydroxylation is 2. The van der Waals surface area contributed by atoms with E-state index < -0.39 is 0 Å². The van der Waals surface area contributed by atoms with Crippen LogP contribution >= 0.6 is 27.3 Å². The van der Waals surface area contributed by atoms with Crippen molar-refractivity contribution in [2.24, 2.45) is 0 Å². The fourth-order valence-corrected chi connectivity index (χ4v) is 2.57. The lowest BCUT2D eigenvalue weighted by molar-refractivity contribution is 0.0956. The van der Waals surface area contributed by atoms with Crippen molar-refractivity contribution in [3.05, 3.63) is 15.6 Å². The highest BCUT2D eigenvalue weighted by Crippen LogP contribution is 2.16. The summed E-state index contributed by atoms with van der Waals surface area (Å²) in [4.78, 5) is 17.3. The fraction of sp³-hybridized carbons (Fsp3) is 0.636. The molecule has 0 radical (unpaired) electrons. The minimum absolute atomic E-state index is 0.00493. The molecule has 1 aromatic heterocycles. The first kappa shape index (κ1) is 13.6. The van der Waals surface area contributed by atoms with Gasteiger partial charge < -0.3 is 5.32 Å². The van der Waals surface area contributed by atoms with E-state index in [1.165, 1.54) is 11.3 Å². The van der Waals surface area contributed by atoms with Gasteiger partial charge in [0.1, 0.15) is 4.88 Å². The van der Waals surface area contributed by atoms with Crippen LogP contribution in [0, 0.1) is 13.8 Å². The number of alkyl halides is 1. The molecule has 0 spiro atoms. The standard InChI is InChI=1S/C11H17BrN2OS/c1-7(12)5-4-6-13-11(15)10-8(2)14-9(3)16-10/h7H,4-6H2,1-3H3,(H,13,15). The highest BCUT2D eigenvalue weighted by atomic mass is 79.9. The number of carbonyl (C=O) groups excluding carboxylic acids is 1. The Balaban J connectivity index is 2.38. The molecule has 1 rings (SSSR count). The van der Waals surface area contributed by atoms with Crippen LogP contribution in [0.4, 0.5) is 0 Å². The molecule has 5 heteroatoms. The van der Waals surface area contributed by atoms with Crippen molar-refractivity contribution in [2.75, 3.05) is 6.54 Å². The van der Waals surface area contributed by atoms with Gasteiger partial charge in [-0.15, -0.1) is 11.3 Å². The van der Waals surface area contributed by atoms with E-state index in [4.69, 9.17) is 0 Å². The second kappa shape index (κ2) is 6.35. The van der Waals surface area contributed by atoms with Crippen LogP contribution in [0.5, 0.6) is 0 Å². The quantitative estimate of drug-likeness (QED) is 0.671. The van der Waals surface area contributed by atoms with Crippen LogP contribution in [0.25, 0.3) is 0 Å². The van der Waals surface area contributed by atoms with Crippen LogP contribution in [0.1, 0.15) is 40.1 Å². The maximum atomic E-state index is 11.8. The minimum Gasteiger partial charge on any atom is -0.351 e. The first-order valence-electron chi connectivity index (χ1n) is 5.37. The third-order valence-electron chi connectivity index (χ3n) is 2.17. The first-order valence-corrected chi connectivity index (χ1v) is 7.10. The number of hydrogen-bond acceptors (Lipinski definition) is 3. The average Bonchev–Trinajstić information content (AvgIpc) is 2.52. The molecule has 1 unspecified atom stereocenters. The van der Waals surface area contributed by atoms with Gasteiger partial charge in [-0.3, -0.25) is 4.79 Å². The monoisotopic (exact) mass is 304 g/mol. The molecule has 1 atom stereocenters. The Morgan fingerprint density at radius 2 is 2.25 bits per heavy atom. The fourth-order valence-electron chi connectivity index (χ4n) is 1.41. The number of amides is 1. The number of halogens is 1. The second-order valence-electron chi connectivity index (χ2n) is 3.83. The summed E-state index contributed by atoms with van der Waals surface area (Å²) in [7, 11) is 0. The predicted octanol–water partition coefficient (Wildman–Crippen LogP) is 3.05. The Bertz CT molecular complexity index is 363. The van der Waals surface area contributed by atoms with Gasteiger partial charge in [-0.25, -0.2) is 4.98 Å². The van der Waals surface area contributed by atoms with Crippen LogP contribution in [0.2, 0.25) is 0 Å². The summed E-state index contributed by atoms with van der Waals surface area (Å²) in [5, 5.41) is 3.86. The first-order chi connectivity index (χ1) is 7.50. The van der Waals surface area contributed by atoms with Gasteiger partial charge in [0.2, 0.25) is 0 Å². The van der Waals surface area contributed by atoms with Gasteiger partial charge in [0.25, 0.3) is 5.91 Å². The number of nitrogens with one attached hydrogen (secondary N) is 1. The van der Waals surface area contributed by atoms with Crippen LogP contribution in [-0.4, -0.2) is 22.3 Å². The van der Waals surface area contributed by atoms with Gasteiger partial charge in [0, 0.05) is 11.4 Å². The molecule has 1 amide bonds. The smallest absolute Gasteiger partial charge is 0.263 e. The van der Waals surface area contributed by atoms with Crippen molar-refractivity contribution in [1.82, 2.24) is 10.3 Å². The van der Waals surface area contributed by atoms with Crippen molar-refractivity contribution in [3.63, 3.8) is 0 Å². The lowest BCUT2D eigenvalue weighted by Crippen LogP contribution is -2.24. The molecule has 16 heavy (non-hydrogen) atoms. The number of nitrogens with zero attached hydrogens (tertiary/aromatic N) is 1. The van der Waals surface area contributed by atoms with Crippen molar-refractivity contribution in [3.8, 4) is 0 Å². The van der Waals surface area contributed by atoms with Gasteiger partial charge in [0.15, 0.2) is 0 Å². The van der Waals surface area contributed by atoms with Crippen LogP contribution in [0.15, 0.2) is 0 Å². The molecule has 1 aromatic rings. The summed E-state index contributed by atoms with van der Waals surface area (Å²) in [6.07, 6.45) is 2.07. The van der Waals surface area contributed by atoms with E-state index in [0.29, 0.717) is 4.83 Å². The Labute approximate surface area is 109 Å². The van der Waals surface area contributed by atoms with E-state index in [-0.39, 0.29) is 5.91 Å². The zero-order valence-electron chi connectivity index (χ0n) is 9.84. The SMILES string of the molecule is Cc1nc(C)c(C(=O)NCCCC(C)Br)s1. The maximum Gasteiger partial charge on any atom is 0.263 e. The largest absolute Gasteiger partial charge is 0.351 e. The van der Waals surface area contributed by atoms with E-state index in [0.717, 1.165) is 35.0 Å². The van der Waals surface area contributed by atoms with Crippen molar-refractivity contribution in [2.45, 2.75) is 38.4 Å². The molecular formula is C11H17BrN2OS. The molecular weight excluding hydrogens is 288 g/mol. The number of thiazole rings is 1. The van der Waals surface area contributed by atoms with Crippen LogP contribution in [-0.2, 0) is 0 Å². The molecule has 0 saturated carbocycles. The summed E-state index contributed by atoms with van der Waals surface area (Å²) in [6, 6.07) is 0. The van der Waals surface area contributed by atoms with Crippen molar-refractivity contribution >= 4 is 33.2 Å². The predicted molar refractivity (Wildman–Crippen MR) is 71.5 cm³/mol. The Morgan fingerprint density at radius 1 is 1.56 bits per heavy atom. The number of aromatic nitrogens is 1. The molecule has 0 aromatic carbocycles. The maximum absolute atomic E-state index is 11.8. The van der Waals surface area contributed by atoms with Crippen molar-refractivity contribution in [1.29, 1.82) is 0 Å². The van der Waals surface area contributed by atoms with Gasteiger partial charge in [-0.2, -0.15) is 0 Å². The molecule has 0 saturated heterocycles. The van der Waals surface area contributed by atoms with E-state index in [9.17, 15) is 4.79 Å². The highest BCUT2D eigenvalue weighted by molar-refractivity contribution is 9.09. The van der Waals surface area contributed by atoms with Gasteiger partial charge in [-0.1, -0.05) is 22.9 Å². The summed E-state index contributed by atoms with van der Waals surface area (Å²) in [5.74, 6) is 0.00493. The Morgan fingerprint density at radius 3 is 2.75 bits per heavy atom. The molecule has 0 aliphatic carbocycles. The number of hydrogen-bond donors (Lipinski definition) is 1. The van der Waals surface area contributed by atoms with E-state index in [1.807, 2.05) is 13.8 Å².